The van der Waals surface area contributed by atoms with E-state index < -0.39 is 0 Å². The van der Waals surface area contributed by atoms with E-state index in [1.807, 2.05) is 20.8 Å². The highest BCUT2D eigenvalue weighted by atomic mass is 32.2. The van der Waals surface area contributed by atoms with Crippen molar-refractivity contribution in [1.29, 1.82) is 0 Å². The molecule has 1 aliphatic heterocycles. The van der Waals surface area contributed by atoms with Gasteiger partial charge in [0.2, 0.25) is 0 Å². The zero-order valence-corrected chi connectivity index (χ0v) is 9.95. The quantitative estimate of drug-likeness (QED) is 0.715. The van der Waals surface area contributed by atoms with Crippen LogP contribution >= 0.6 is 11.8 Å². The summed E-state index contributed by atoms with van der Waals surface area (Å²) in [6, 6.07) is 0. The van der Waals surface area contributed by atoms with Gasteiger partial charge in [0.25, 0.3) is 0 Å². The lowest BCUT2D eigenvalue weighted by Crippen LogP contribution is -2.35. The lowest BCUT2D eigenvalue weighted by Gasteiger charge is -2.25. The Hall–Kier alpha value is -0.220. The lowest BCUT2D eigenvalue weighted by atomic mass is 10.2. The third-order valence-electron chi connectivity index (χ3n) is 1.78. The number of rotatable bonds is 2. The first-order chi connectivity index (χ1) is 6.47. The Morgan fingerprint density at radius 2 is 2.29 bits per heavy atom. The smallest absolute Gasteiger partial charge is 0.308 e. The van der Waals surface area contributed by atoms with E-state index in [2.05, 4.69) is 5.32 Å². The standard InChI is InChI=1S/C10H19NO2S/c1-10(2,3)13-9(12)7-8-11-5-4-6-14-8/h8,11H,4-7H2,1-3H3. The van der Waals surface area contributed by atoms with Gasteiger partial charge in [0.1, 0.15) is 5.60 Å². The summed E-state index contributed by atoms with van der Waals surface area (Å²) in [5.41, 5.74) is -0.365. The second-order valence-electron chi connectivity index (χ2n) is 4.46. The van der Waals surface area contributed by atoms with E-state index in [9.17, 15) is 4.79 Å². The molecular weight excluding hydrogens is 198 g/mol. The minimum atomic E-state index is -0.365. The largest absolute Gasteiger partial charge is 0.460 e. The molecule has 0 radical (unpaired) electrons. The van der Waals surface area contributed by atoms with E-state index >= 15 is 0 Å². The summed E-state index contributed by atoms with van der Waals surface area (Å²) in [4.78, 5) is 11.5. The van der Waals surface area contributed by atoms with Gasteiger partial charge in [-0.05, 0) is 39.5 Å². The van der Waals surface area contributed by atoms with E-state index in [1.165, 1.54) is 6.42 Å². The van der Waals surface area contributed by atoms with Crippen molar-refractivity contribution in [2.45, 2.75) is 44.6 Å². The first-order valence-electron chi connectivity index (χ1n) is 5.04. The van der Waals surface area contributed by atoms with Crippen LogP contribution in [0.25, 0.3) is 0 Å². The fourth-order valence-electron chi connectivity index (χ4n) is 1.29. The molecule has 0 saturated carbocycles. The van der Waals surface area contributed by atoms with E-state index in [0.717, 1.165) is 12.3 Å². The molecule has 14 heavy (non-hydrogen) atoms. The molecule has 0 aromatic rings. The van der Waals surface area contributed by atoms with Crippen LogP contribution in [0.2, 0.25) is 0 Å². The molecule has 0 aromatic heterocycles. The van der Waals surface area contributed by atoms with Crippen LogP contribution in [0.4, 0.5) is 0 Å². The van der Waals surface area contributed by atoms with Gasteiger partial charge in [-0.15, -0.1) is 11.8 Å². The molecular formula is C10H19NO2S. The highest BCUT2D eigenvalue weighted by Crippen LogP contribution is 2.19. The van der Waals surface area contributed by atoms with Crippen LogP contribution in [0, 0.1) is 0 Å². The van der Waals surface area contributed by atoms with E-state index in [1.54, 1.807) is 11.8 Å². The first kappa shape index (κ1) is 11.9. The molecule has 1 rings (SSSR count). The Morgan fingerprint density at radius 3 is 2.79 bits per heavy atom. The summed E-state index contributed by atoms with van der Waals surface area (Å²) in [5.74, 6) is 1.03. The van der Waals surface area contributed by atoms with Crippen molar-refractivity contribution in [3.8, 4) is 0 Å². The minimum Gasteiger partial charge on any atom is -0.460 e. The van der Waals surface area contributed by atoms with Crippen molar-refractivity contribution >= 4 is 17.7 Å². The average Bonchev–Trinajstić information content (AvgIpc) is 2.02. The monoisotopic (exact) mass is 217 g/mol. The summed E-state index contributed by atoms with van der Waals surface area (Å²) in [6.45, 7) is 6.70. The minimum absolute atomic E-state index is 0.107. The number of esters is 1. The van der Waals surface area contributed by atoms with Crippen molar-refractivity contribution in [3.05, 3.63) is 0 Å². The van der Waals surface area contributed by atoms with Crippen LogP contribution in [0.1, 0.15) is 33.6 Å². The van der Waals surface area contributed by atoms with Gasteiger partial charge in [-0.25, -0.2) is 0 Å². The molecule has 0 bridgehead atoms. The molecule has 1 unspecified atom stereocenters. The summed E-state index contributed by atoms with van der Waals surface area (Å²) in [7, 11) is 0. The first-order valence-corrected chi connectivity index (χ1v) is 6.09. The number of carbonyl (C=O) groups excluding carboxylic acids is 1. The predicted octanol–water partition coefficient (Wildman–Crippen LogP) is 1.77. The predicted molar refractivity (Wildman–Crippen MR) is 59.3 cm³/mol. The lowest BCUT2D eigenvalue weighted by molar-refractivity contribution is -0.154. The molecule has 82 valence electrons. The van der Waals surface area contributed by atoms with Crippen LogP contribution < -0.4 is 5.32 Å². The molecule has 1 fully saturated rings. The van der Waals surface area contributed by atoms with E-state index in [-0.39, 0.29) is 16.9 Å². The fourth-order valence-corrected chi connectivity index (χ4v) is 2.37. The zero-order valence-electron chi connectivity index (χ0n) is 9.13. The number of ether oxygens (including phenoxy) is 1. The molecule has 1 heterocycles. The maximum Gasteiger partial charge on any atom is 0.308 e. The third kappa shape index (κ3) is 4.86. The Balaban J connectivity index is 2.25. The van der Waals surface area contributed by atoms with E-state index in [0.29, 0.717) is 6.42 Å². The molecule has 0 spiro atoms. The fraction of sp³-hybridized carbons (Fsp3) is 0.900. The number of carbonyl (C=O) groups is 1. The Labute approximate surface area is 90.0 Å². The molecule has 1 saturated heterocycles. The normalized spacial score (nSPS) is 23.2. The number of thioether (sulfide) groups is 1. The van der Waals surface area contributed by atoms with Gasteiger partial charge in [-0.1, -0.05) is 0 Å². The van der Waals surface area contributed by atoms with Gasteiger partial charge in [-0.3, -0.25) is 4.79 Å². The van der Waals surface area contributed by atoms with Crippen LogP contribution in [0.5, 0.6) is 0 Å². The van der Waals surface area contributed by atoms with Gasteiger partial charge < -0.3 is 10.1 Å². The number of hydrogen-bond acceptors (Lipinski definition) is 4. The van der Waals surface area contributed by atoms with Gasteiger partial charge in [-0.2, -0.15) is 0 Å². The Bertz CT molecular complexity index is 195. The maximum atomic E-state index is 11.5. The van der Waals surface area contributed by atoms with Gasteiger partial charge in [0.05, 0.1) is 11.8 Å². The van der Waals surface area contributed by atoms with Crippen molar-refractivity contribution in [2.24, 2.45) is 0 Å². The molecule has 0 aromatic carbocycles. The van der Waals surface area contributed by atoms with E-state index in [4.69, 9.17) is 4.74 Å². The molecule has 3 nitrogen and oxygen atoms in total. The molecule has 1 atom stereocenters. The van der Waals surface area contributed by atoms with Crippen LogP contribution in [-0.2, 0) is 9.53 Å². The van der Waals surface area contributed by atoms with Crippen molar-refractivity contribution in [1.82, 2.24) is 5.32 Å². The molecule has 1 aliphatic rings. The molecule has 1 N–H and O–H groups in total. The van der Waals surface area contributed by atoms with Crippen LogP contribution in [0.3, 0.4) is 0 Å². The average molecular weight is 217 g/mol. The number of hydrogen-bond donors (Lipinski definition) is 1. The van der Waals surface area contributed by atoms with Crippen molar-refractivity contribution in [2.75, 3.05) is 12.3 Å². The second-order valence-corrected chi connectivity index (χ2v) is 5.77. The summed E-state index contributed by atoms with van der Waals surface area (Å²) in [6.07, 6.45) is 1.66. The zero-order chi connectivity index (χ0) is 10.6. The van der Waals surface area contributed by atoms with Crippen LogP contribution in [0.15, 0.2) is 0 Å². The highest BCUT2D eigenvalue weighted by Gasteiger charge is 2.21. The van der Waals surface area contributed by atoms with Gasteiger partial charge in [0.15, 0.2) is 0 Å². The Kier molecular flexibility index (Phi) is 4.26. The Morgan fingerprint density at radius 1 is 1.57 bits per heavy atom. The SMILES string of the molecule is CC(C)(C)OC(=O)CC1NCCCS1. The van der Waals surface area contributed by atoms with Crippen molar-refractivity contribution in [3.63, 3.8) is 0 Å². The summed E-state index contributed by atoms with van der Waals surface area (Å²) >= 11 is 1.81. The summed E-state index contributed by atoms with van der Waals surface area (Å²) < 4.78 is 5.25. The molecule has 4 heteroatoms. The topological polar surface area (TPSA) is 38.3 Å². The van der Waals surface area contributed by atoms with Crippen molar-refractivity contribution < 1.29 is 9.53 Å². The van der Waals surface area contributed by atoms with Gasteiger partial charge in [0, 0.05) is 0 Å². The molecule has 0 amide bonds. The second kappa shape index (κ2) is 5.03. The van der Waals surface area contributed by atoms with Crippen LogP contribution in [-0.4, -0.2) is 29.2 Å². The summed E-state index contributed by atoms with van der Waals surface area (Å²) in [5, 5.41) is 3.55. The number of nitrogens with one attached hydrogen (secondary N) is 1. The van der Waals surface area contributed by atoms with Gasteiger partial charge >= 0.3 is 5.97 Å². The maximum absolute atomic E-state index is 11.5. The highest BCUT2D eigenvalue weighted by molar-refractivity contribution is 7.99. The molecule has 0 aliphatic carbocycles. The third-order valence-corrected chi connectivity index (χ3v) is 3.04.